The highest BCUT2D eigenvalue weighted by atomic mass is 32.2. The Bertz CT molecular complexity index is 1350. The van der Waals surface area contributed by atoms with E-state index in [1.807, 2.05) is 24.3 Å². The van der Waals surface area contributed by atoms with E-state index in [1.165, 1.54) is 22.5 Å². The van der Waals surface area contributed by atoms with Gasteiger partial charge in [0.25, 0.3) is 11.1 Å². The second kappa shape index (κ2) is 9.46. The van der Waals surface area contributed by atoms with Crippen LogP contribution >= 0.6 is 11.8 Å². The largest absolute Gasteiger partial charge is 0.497 e. The van der Waals surface area contributed by atoms with Gasteiger partial charge in [-0.15, -0.1) is 0 Å². The van der Waals surface area contributed by atoms with Crippen LogP contribution in [0.3, 0.4) is 0 Å². The van der Waals surface area contributed by atoms with Crippen molar-refractivity contribution in [3.05, 3.63) is 68.4 Å². The first-order chi connectivity index (χ1) is 16.5. The lowest BCUT2D eigenvalue weighted by molar-refractivity contribution is -0.121. The number of benzene rings is 1. The van der Waals surface area contributed by atoms with Crippen molar-refractivity contribution >= 4 is 17.7 Å². The zero-order chi connectivity index (χ0) is 23.7. The van der Waals surface area contributed by atoms with Gasteiger partial charge in [0.2, 0.25) is 5.91 Å². The highest BCUT2D eigenvalue weighted by Gasteiger charge is 2.31. The number of hydrogen-bond acceptors (Lipinski definition) is 7. The number of ether oxygens (including phenoxy) is 1. The molecule has 1 aliphatic heterocycles. The van der Waals surface area contributed by atoms with Crippen molar-refractivity contribution < 1.29 is 9.53 Å². The van der Waals surface area contributed by atoms with E-state index in [1.54, 1.807) is 17.7 Å². The van der Waals surface area contributed by atoms with Gasteiger partial charge in [-0.3, -0.25) is 19.0 Å². The van der Waals surface area contributed by atoms with Gasteiger partial charge < -0.3 is 10.1 Å². The molecule has 34 heavy (non-hydrogen) atoms. The number of fused-ring (bicyclic) bond motifs is 2. The highest BCUT2D eigenvalue weighted by molar-refractivity contribution is 7.99. The normalized spacial score (nSPS) is 16.2. The number of aromatic nitrogens is 4. The van der Waals surface area contributed by atoms with Crippen LogP contribution in [0.25, 0.3) is 11.3 Å². The summed E-state index contributed by atoms with van der Waals surface area (Å²) in [5.41, 5.74) is 3.02. The van der Waals surface area contributed by atoms with Crippen LogP contribution < -0.4 is 21.2 Å². The number of hydrogen-bond donors (Lipinski definition) is 1. The lowest BCUT2D eigenvalue weighted by Crippen LogP contribution is -2.35. The maximum Gasteiger partial charge on any atom is 0.266 e. The molecule has 0 bridgehead atoms. The van der Waals surface area contributed by atoms with Gasteiger partial charge in [-0.1, -0.05) is 11.8 Å². The molecule has 9 nitrogen and oxygen atoms in total. The van der Waals surface area contributed by atoms with Crippen molar-refractivity contribution in [2.75, 3.05) is 19.4 Å². The van der Waals surface area contributed by atoms with Crippen molar-refractivity contribution in [3.63, 3.8) is 0 Å². The summed E-state index contributed by atoms with van der Waals surface area (Å²) in [6.07, 6.45) is 2.79. The molecular formula is C24H25N5O4S. The van der Waals surface area contributed by atoms with Crippen LogP contribution in [-0.4, -0.2) is 44.6 Å². The van der Waals surface area contributed by atoms with E-state index in [0.717, 1.165) is 47.0 Å². The van der Waals surface area contributed by atoms with E-state index in [0.29, 0.717) is 11.4 Å². The summed E-state index contributed by atoms with van der Waals surface area (Å²) in [6, 6.07) is 10.4. The number of thioether (sulfide) groups is 1. The van der Waals surface area contributed by atoms with Gasteiger partial charge in [-0.25, -0.2) is 9.67 Å². The molecule has 1 N–H and O–H groups in total. The van der Waals surface area contributed by atoms with Crippen molar-refractivity contribution in [2.45, 2.75) is 43.4 Å². The van der Waals surface area contributed by atoms with Crippen LogP contribution in [0.5, 0.6) is 5.75 Å². The third-order valence-electron chi connectivity index (χ3n) is 6.19. The molecule has 0 radical (unpaired) electrons. The second-order valence-corrected chi connectivity index (χ2v) is 9.36. The molecule has 10 heteroatoms. The van der Waals surface area contributed by atoms with Crippen molar-refractivity contribution in [1.29, 1.82) is 0 Å². The van der Waals surface area contributed by atoms with Crippen LogP contribution in [0.1, 0.15) is 30.1 Å². The maximum atomic E-state index is 12.9. The molecule has 2 aliphatic rings. The van der Waals surface area contributed by atoms with Crippen LogP contribution in [-0.2, 0) is 24.2 Å². The smallest absolute Gasteiger partial charge is 0.266 e. The topological polar surface area (TPSA) is 108 Å². The van der Waals surface area contributed by atoms with E-state index >= 15 is 0 Å². The zero-order valence-corrected chi connectivity index (χ0v) is 19.6. The molecule has 3 aromatic rings. The summed E-state index contributed by atoms with van der Waals surface area (Å²) < 4.78 is 8.22. The molecule has 1 aromatic carbocycles. The van der Waals surface area contributed by atoms with Gasteiger partial charge >= 0.3 is 0 Å². The van der Waals surface area contributed by atoms with Crippen LogP contribution in [0.15, 0.2) is 51.1 Å². The predicted molar refractivity (Wildman–Crippen MR) is 128 cm³/mol. The van der Waals surface area contributed by atoms with Gasteiger partial charge in [0.15, 0.2) is 5.16 Å². The molecule has 0 saturated heterocycles. The van der Waals surface area contributed by atoms with Gasteiger partial charge in [-0.2, -0.15) is 5.10 Å². The Labute approximate surface area is 200 Å². The Morgan fingerprint density at radius 3 is 2.79 bits per heavy atom. The number of rotatable bonds is 7. The van der Waals surface area contributed by atoms with Crippen LogP contribution in [0.2, 0.25) is 0 Å². The van der Waals surface area contributed by atoms with E-state index in [2.05, 4.69) is 15.4 Å². The summed E-state index contributed by atoms with van der Waals surface area (Å²) >= 11 is 1.53. The monoisotopic (exact) mass is 479 g/mol. The van der Waals surface area contributed by atoms with E-state index in [4.69, 9.17) is 4.74 Å². The number of nitrogens with zero attached hydrogens (tertiary/aromatic N) is 4. The van der Waals surface area contributed by atoms with E-state index in [-0.39, 0.29) is 42.6 Å². The van der Waals surface area contributed by atoms with E-state index < -0.39 is 0 Å². The summed E-state index contributed by atoms with van der Waals surface area (Å²) in [6.45, 7) is 0.515. The number of amides is 1. The summed E-state index contributed by atoms with van der Waals surface area (Å²) in [5, 5.41) is 8.01. The van der Waals surface area contributed by atoms with Crippen LogP contribution in [0, 0.1) is 0 Å². The maximum absolute atomic E-state index is 12.9. The van der Waals surface area contributed by atoms with Crippen molar-refractivity contribution in [1.82, 2.24) is 24.6 Å². The fraction of sp³-hybridized carbons (Fsp3) is 0.375. The molecule has 0 fully saturated rings. The predicted octanol–water partition coefficient (Wildman–Crippen LogP) is 1.82. The summed E-state index contributed by atoms with van der Waals surface area (Å²) in [7, 11) is 1.60. The molecule has 1 aliphatic carbocycles. The molecule has 5 rings (SSSR count). The first-order valence-electron chi connectivity index (χ1n) is 11.3. The summed E-state index contributed by atoms with van der Waals surface area (Å²) in [5.74, 6) is 1.24. The van der Waals surface area contributed by atoms with Gasteiger partial charge in [0, 0.05) is 35.9 Å². The Kier molecular flexibility index (Phi) is 6.23. The van der Waals surface area contributed by atoms with Crippen LogP contribution in [0.4, 0.5) is 0 Å². The Morgan fingerprint density at radius 2 is 2.00 bits per heavy atom. The average Bonchev–Trinajstić information content (AvgIpc) is 3.48. The fourth-order valence-corrected chi connectivity index (χ4v) is 5.57. The van der Waals surface area contributed by atoms with E-state index in [9.17, 15) is 14.4 Å². The summed E-state index contributed by atoms with van der Waals surface area (Å²) in [4.78, 5) is 42.4. The number of carbonyl (C=O) groups excluding carboxylic acids is 1. The SMILES string of the molecule is COc1ccc(-c2ccc(=O)n(CCNC(=O)CC3CSc4nc5c(c(=O)n43)CCC5)n2)cc1. The Morgan fingerprint density at radius 1 is 1.18 bits per heavy atom. The fourth-order valence-electron chi connectivity index (χ4n) is 4.41. The third-order valence-corrected chi connectivity index (χ3v) is 7.29. The molecule has 2 aromatic heterocycles. The molecule has 0 saturated carbocycles. The molecule has 1 atom stereocenters. The number of carbonyl (C=O) groups is 1. The van der Waals surface area contributed by atoms with Gasteiger partial charge in [0.1, 0.15) is 5.75 Å². The first-order valence-corrected chi connectivity index (χ1v) is 12.3. The minimum Gasteiger partial charge on any atom is -0.497 e. The zero-order valence-electron chi connectivity index (χ0n) is 18.8. The van der Waals surface area contributed by atoms with Crippen molar-refractivity contribution in [2.24, 2.45) is 0 Å². The molecule has 0 spiro atoms. The quantitative estimate of drug-likeness (QED) is 0.515. The highest BCUT2D eigenvalue weighted by Crippen LogP contribution is 2.33. The molecule has 1 unspecified atom stereocenters. The standard InChI is InChI=1S/C24H25N5O4S/c1-33-17-7-5-15(6-8-17)19-9-10-22(31)28(27-19)12-11-25-21(30)13-16-14-34-24-26-20-4-2-3-18(20)23(32)29(16)24/h5-10,16H,2-4,11-14H2,1H3,(H,25,30). The first kappa shape index (κ1) is 22.4. The lowest BCUT2D eigenvalue weighted by atomic mass is 10.1. The molecular weight excluding hydrogens is 454 g/mol. The van der Waals surface area contributed by atoms with Gasteiger partial charge in [0.05, 0.1) is 31.1 Å². The molecule has 1 amide bonds. The number of nitrogens with one attached hydrogen (secondary N) is 1. The second-order valence-electron chi connectivity index (χ2n) is 8.38. The number of methoxy groups -OCH3 is 1. The Balaban J connectivity index is 1.21. The lowest BCUT2D eigenvalue weighted by Gasteiger charge is -2.14. The van der Waals surface area contributed by atoms with Gasteiger partial charge in [-0.05, 0) is 49.6 Å². The minimum absolute atomic E-state index is 0.00593. The average molecular weight is 480 g/mol. The minimum atomic E-state index is -0.237. The molecule has 176 valence electrons. The van der Waals surface area contributed by atoms with Crippen molar-refractivity contribution in [3.8, 4) is 17.0 Å². The number of aryl methyl sites for hydroxylation is 1. The third kappa shape index (κ3) is 4.37. The Hall–Kier alpha value is -3.40. The molecule has 3 heterocycles.